The molecule has 1 amide bonds. The van der Waals surface area contributed by atoms with Crippen molar-refractivity contribution in [2.45, 2.75) is 6.04 Å². The highest BCUT2D eigenvalue weighted by Gasteiger charge is 2.22. The van der Waals surface area contributed by atoms with E-state index in [1.54, 1.807) is 0 Å². The van der Waals surface area contributed by atoms with Gasteiger partial charge in [-0.15, -0.1) is 0 Å². The van der Waals surface area contributed by atoms with Gasteiger partial charge in [-0.25, -0.2) is 9.18 Å². The van der Waals surface area contributed by atoms with Crippen LogP contribution in [-0.2, 0) is 9.53 Å². The predicted octanol–water partition coefficient (Wildman–Crippen LogP) is 1.42. The van der Waals surface area contributed by atoms with E-state index in [2.05, 4.69) is 26.0 Å². The van der Waals surface area contributed by atoms with Crippen LogP contribution in [0.1, 0.15) is 10.4 Å². The van der Waals surface area contributed by atoms with Crippen molar-refractivity contribution in [1.29, 1.82) is 0 Å². The SMILES string of the molecule is COCC(NC(=O)c1cccc(Br)c1F)C(=O)O. The lowest BCUT2D eigenvalue weighted by atomic mass is 10.2. The van der Waals surface area contributed by atoms with Crippen LogP contribution in [-0.4, -0.2) is 36.7 Å². The third-order valence-corrected chi connectivity index (χ3v) is 2.75. The Morgan fingerprint density at radius 3 is 2.78 bits per heavy atom. The first-order valence-corrected chi connectivity index (χ1v) is 5.73. The van der Waals surface area contributed by atoms with Crippen LogP contribution < -0.4 is 5.32 Å². The first-order valence-electron chi connectivity index (χ1n) is 4.94. The summed E-state index contributed by atoms with van der Waals surface area (Å²) in [4.78, 5) is 22.5. The number of carboxylic acids is 1. The Bertz CT molecular complexity index is 466. The predicted molar refractivity (Wildman–Crippen MR) is 64.9 cm³/mol. The van der Waals surface area contributed by atoms with Gasteiger partial charge >= 0.3 is 5.97 Å². The summed E-state index contributed by atoms with van der Waals surface area (Å²) < 4.78 is 18.4. The Hall–Kier alpha value is -1.47. The van der Waals surface area contributed by atoms with Gasteiger partial charge in [0.2, 0.25) is 0 Å². The average molecular weight is 320 g/mol. The molecule has 0 aliphatic rings. The first kappa shape index (κ1) is 14.6. The molecule has 1 aromatic carbocycles. The summed E-state index contributed by atoms with van der Waals surface area (Å²) in [5.41, 5.74) is -0.230. The number of hydrogen-bond acceptors (Lipinski definition) is 3. The average Bonchev–Trinajstić information content (AvgIpc) is 2.31. The normalized spacial score (nSPS) is 11.9. The molecule has 98 valence electrons. The molecule has 0 saturated carbocycles. The second kappa shape index (κ2) is 6.46. The number of benzene rings is 1. The number of carboxylic acid groups (broad SMARTS) is 1. The molecule has 0 saturated heterocycles. The zero-order valence-corrected chi connectivity index (χ0v) is 11.0. The summed E-state index contributed by atoms with van der Waals surface area (Å²) in [5.74, 6) is -2.80. The lowest BCUT2D eigenvalue weighted by Gasteiger charge is -2.13. The number of rotatable bonds is 5. The number of amides is 1. The Morgan fingerprint density at radius 2 is 2.22 bits per heavy atom. The molecule has 0 aromatic heterocycles. The molecule has 0 bridgehead atoms. The number of nitrogens with one attached hydrogen (secondary N) is 1. The van der Waals surface area contributed by atoms with Crippen LogP contribution in [0.4, 0.5) is 4.39 Å². The topological polar surface area (TPSA) is 75.6 Å². The Labute approximate surface area is 111 Å². The smallest absolute Gasteiger partial charge is 0.328 e. The fraction of sp³-hybridized carbons (Fsp3) is 0.273. The number of carbonyl (C=O) groups is 2. The molecule has 7 heteroatoms. The lowest BCUT2D eigenvalue weighted by molar-refractivity contribution is -0.140. The van der Waals surface area contributed by atoms with Gasteiger partial charge in [0.25, 0.3) is 5.91 Å². The number of methoxy groups -OCH3 is 1. The van der Waals surface area contributed by atoms with Crippen LogP contribution in [0, 0.1) is 5.82 Å². The fourth-order valence-corrected chi connectivity index (χ4v) is 1.62. The third kappa shape index (κ3) is 3.51. The number of halogens is 2. The monoisotopic (exact) mass is 319 g/mol. The van der Waals surface area contributed by atoms with E-state index < -0.39 is 23.7 Å². The van der Waals surface area contributed by atoms with Crippen LogP contribution in [0.15, 0.2) is 22.7 Å². The summed E-state index contributed by atoms with van der Waals surface area (Å²) in [6.45, 7) is -0.198. The number of hydrogen-bond donors (Lipinski definition) is 2. The molecule has 2 N–H and O–H groups in total. The van der Waals surface area contributed by atoms with Crippen molar-refractivity contribution < 1.29 is 23.8 Å². The maximum Gasteiger partial charge on any atom is 0.328 e. The van der Waals surface area contributed by atoms with Crippen LogP contribution in [0.5, 0.6) is 0 Å². The van der Waals surface area contributed by atoms with Gasteiger partial charge in [0.05, 0.1) is 16.6 Å². The van der Waals surface area contributed by atoms with E-state index in [0.29, 0.717) is 0 Å². The summed E-state index contributed by atoms with van der Waals surface area (Å²) >= 11 is 2.94. The quantitative estimate of drug-likeness (QED) is 0.860. The van der Waals surface area contributed by atoms with Gasteiger partial charge in [-0.3, -0.25) is 4.79 Å². The molecule has 1 aromatic rings. The molecule has 0 radical (unpaired) electrons. The minimum atomic E-state index is -1.25. The van der Waals surface area contributed by atoms with Gasteiger partial charge in [0.15, 0.2) is 6.04 Å². The van der Waals surface area contributed by atoms with Gasteiger partial charge in [-0.05, 0) is 28.1 Å². The highest BCUT2D eigenvalue weighted by Crippen LogP contribution is 2.18. The summed E-state index contributed by atoms with van der Waals surface area (Å²) in [5, 5.41) is 11.0. The minimum Gasteiger partial charge on any atom is -0.480 e. The van der Waals surface area contributed by atoms with Crippen molar-refractivity contribution in [3.8, 4) is 0 Å². The first-order chi connectivity index (χ1) is 8.47. The van der Waals surface area contributed by atoms with E-state index in [4.69, 9.17) is 5.11 Å². The van der Waals surface area contributed by atoms with Crippen LogP contribution in [0.3, 0.4) is 0 Å². The zero-order valence-electron chi connectivity index (χ0n) is 9.44. The van der Waals surface area contributed by atoms with Crippen molar-refractivity contribution in [1.82, 2.24) is 5.32 Å². The van der Waals surface area contributed by atoms with Gasteiger partial charge in [0.1, 0.15) is 5.82 Å². The van der Waals surface area contributed by atoms with E-state index in [1.165, 1.54) is 25.3 Å². The van der Waals surface area contributed by atoms with E-state index >= 15 is 0 Å². The van der Waals surface area contributed by atoms with Gasteiger partial charge in [0, 0.05) is 7.11 Å². The number of ether oxygens (including phenoxy) is 1. The van der Waals surface area contributed by atoms with E-state index in [-0.39, 0.29) is 16.6 Å². The molecule has 1 unspecified atom stereocenters. The lowest BCUT2D eigenvalue weighted by Crippen LogP contribution is -2.44. The van der Waals surface area contributed by atoms with Crippen molar-refractivity contribution >= 4 is 27.8 Å². The molecule has 1 atom stereocenters. The van der Waals surface area contributed by atoms with Crippen molar-refractivity contribution in [3.63, 3.8) is 0 Å². The summed E-state index contributed by atoms with van der Waals surface area (Å²) in [6.07, 6.45) is 0. The van der Waals surface area contributed by atoms with Gasteiger partial charge < -0.3 is 15.2 Å². The standard InChI is InChI=1S/C11H11BrFNO4/c1-18-5-8(11(16)17)14-10(15)6-3-2-4-7(12)9(6)13/h2-4,8H,5H2,1H3,(H,14,15)(H,16,17). The molecular weight excluding hydrogens is 309 g/mol. The molecule has 0 aliphatic heterocycles. The Balaban J connectivity index is 2.87. The van der Waals surface area contributed by atoms with Gasteiger partial charge in [-0.2, -0.15) is 0 Å². The largest absolute Gasteiger partial charge is 0.480 e. The Kier molecular flexibility index (Phi) is 5.24. The van der Waals surface area contributed by atoms with Crippen molar-refractivity contribution in [3.05, 3.63) is 34.1 Å². The molecule has 0 spiro atoms. The van der Waals surface area contributed by atoms with E-state index in [9.17, 15) is 14.0 Å². The number of carbonyl (C=O) groups excluding carboxylic acids is 1. The van der Waals surface area contributed by atoms with Gasteiger partial charge in [-0.1, -0.05) is 6.07 Å². The maximum atomic E-state index is 13.6. The summed E-state index contributed by atoms with van der Waals surface area (Å²) in [6, 6.07) is 2.96. The van der Waals surface area contributed by atoms with Crippen LogP contribution in [0.25, 0.3) is 0 Å². The molecule has 5 nitrogen and oxygen atoms in total. The molecule has 0 aliphatic carbocycles. The molecule has 0 heterocycles. The second-order valence-corrected chi connectivity index (χ2v) is 4.28. The molecule has 18 heavy (non-hydrogen) atoms. The highest BCUT2D eigenvalue weighted by atomic mass is 79.9. The minimum absolute atomic E-state index is 0.133. The zero-order chi connectivity index (χ0) is 13.7. The second-order valence-electron chi connectivity index (χ2n) is 3.42. The van der Waals surface area contributed by atoms with Crippen molar-refractivity contribution in [2.75, 3.05) is 13.7 Å². The molecular formula is C11H11BrFNO4. The fourth-order valence-electron chi connectivity index (χ4n) is 1.26. The third-order valence-electron chi connectivity index (χ3n) is 2.13. The van der Waals surface area contributed by atoms with Crippen LogP contribution in [0.2, 0.25) is 0 Å². The Morgan fingerprint density at radius 1 is 1.56 bits per heavy atom. The van der Waals surface area contributed by atoms with Crippen LogP contribution >= 0.6 is 15.9 Å². The molecule has 1 rings (SSSR count). The van der Waals surface area contributed by atoms with E-state index in [1.807, 2.05) is 0 Å². The van der Waals surface area contributed by atoms with Crippen molar-refractivity contribution in [2.24, 2.45) is 0 Å². The molecule has 0 fully saturated rings. The highest BCUT2D eigenvalue weighted by molar-refractivity contribution is 9.10. The summed E-state index contributed by atoms with van der Waals surface area (Å²) in [7, 11) is 1.31. The van der Waals surface area contributed by atoms with E-state index in [0.717, 1.165) is 0 Å². The maximum absolute atomic E-state index is 13.6. The number of aliphatic carboxylic acids is 1.